The third-order valence-electron chi connectivity index (χ3n) is 3.68. The number of morpholine rings is 1. The van der Waals surface area contributed by atoms with Crippen LogP contribution in [0, 0.1) is 5.92 Å². The van der Waals surface area contributed by atoms with Crippen LogP contribution in [0.5, 0.6) is 0 Å². The number of rotatable bonds is 2. The Morgan fingerprint density at radius 3 is 2.38 bits per heavy atom. The molecule has 92 valence electrons. The molecule has 0 unspecified atom stereocenters. The van der Waals surface area contributed by atoms with E-state index in [-0.39, 0.29) is 5.92 Å². The molecule has 0 aromatic carbocycles. The van der Waals surface area contributed by atoms with Crippen LogP contribution >= 0.6 is 0 Å². The van der Waals surface area contributed by atoms with Crippen molar-refractivity contribution in [3.05, 3.63) is 0 Å². The minimum absolute atomic E-state index is 0.226. The monoisotopic (exact) mass is 227 g/mol. The standard InChI is InChI=1S/C12H21NO3/c1-15-11-4-2-10(3-5-11)12(14)13-6-8-16-9-7-13/h10-11H,2-9H2,1H3. The van der Waals surface area contributed by atoms with Gasteiger partial charge in [0, 0.05) is 26.1 Å². The van der Waals surface area contributed by atoms with E-state index in [2.05, 4.69) is 0 Å². The smallest absolute Gasteiger partial charge is 0.225 e. The number of ether oxygens (including phenoxy) is 2. The number of carbonyl (C=O) groups is 1. The molecule has 0 atom stereocenters. The predicted octanol–water partition coefficient (Wildman–Crippen LogP) is 1.05. The second-order valence-corrected chi connectivity index (χ2v) is 4.65. The van der Waals surface area contributed by atoms with Crippen LogP contribution < -0.4 is 0 Å². The number of methoxy groups -OCH3 is 1. The first-order valence-corrected chi connectivity index (χ1v) is 6.20. The third-order valence-corrected chi connectivity index (χ3v) is 3.68. The average molecular weight is 227 g/mol. The first-order chi connectivity index (χ1) is 7.81. The van der Waals surface area contributed by atoms with Gasteiger partial charge >= 0.3 is 0 Å². The Bertz CT molecular complexity index is 230. The Hall–Kier alpha value is -0.610. The van der Waals surface area contributed by atoms with Gasteiger partial charge in [0.15, 0.2) is 0 Å². The number of nitrogens with zero attached hydrogens (tertiary/aromatic N) is 1. The molecule has 0 spiro atoms. The van der Waals surface area contributed by atoms with Crippen molar-refractivity contribution in [1.82, 2.24) is 4.90 Å². The summed E-state index contributed by atoms with van der Waals surface area (Å²) in [5.74, 6) is 0.558. The zero-order chi connectivity index (χ0) is 11.4. The second-order valence-electron chi connectivity index (χ2n) is 4.65. The predicted molar refractivity (Wildman–Crippen MR) is 60.2 cm³/mol. The third kappa shape index (κ3) is 2.74. The summed E-state index contributed by atoms with van der Waals surface area (Å²) in [6, 6.07) is 0. The van der Waals surface area contributed by atoms with Crippen LogP contribution in [0.4, 0.5) is 0 Å². The van der Waals surface area contributed by atoms with Crippen LogP contribution in [-0.2, 0) is 14.3 Å². The van der Waals surface area contributed by atoms with Crippen molar-refractivity contribution in [2.75, 3.05) is 33.4 Å². The maximum atomic E-state index is 12.2. The van der Waals surface area contributed by atoms with Crippen LogP contribution in [0.1, 0.15) is 25.7 Å². The molecule has 0 bridgehead atoms. The highest BCUT2D eigenvalue weighted by atomic mass is 16.5. The first-order valence-electron chi connectivity index (χ1n) is 6.20. The SMILES string of the molecule is COC1CCC(C(=O)N2CCOCC2)CC1. The topological polar surface area (TPSA) is 38.8 Å². The molecule has 1 aliphatic carbocycles. The molecule has 4 heteroatoms. The van der Waals surface area contributed by atoms with Crippen LogP contribution in [0.15, 0.2) is 0 Å². The van der Waals surface area contributed by atoms with Gasteiger partial charge in [-0.3, -0.25) is 4.79 Å². The molecule has 1 saturated carbocycles. The molecular weight excluding hydrogens is 206 g/mol. The van der Waals surface area contributed by atoms with Gasteiger partial charge in [-0.15, -0.1) is 0 Å². The van der Waals surface area contributed by atoms with E-state index in [9.17, 15) is 4.79 Å². The maximum absolute atomic E-state index is 12.2. The molecule has 0 aromatic heterocycles. The Kier molecular flexibility index (Phi) is 4.18. The number of carbonyl (C=O) groups excluding carboxylic acids is 1. The molecule has 0 N–H and O–H groups in total. The zero-order valence-corrected chi connectivity index (χ0v) is 9.98. The maximum Gasteiger partial charge on any atom is 0.225 e. The molecule has 0 radical (unpaired) electrons. The van der Waals surface area contributed by atoms with Gasteiger partial charge in [-0.2, -0.15) is 0 Å². The van der Waals surface area contributed by atoms with Gasteiger partial charge in [-0.05, 0) is 25.7 Å². The summed E-state index contributed by atoms with van der Waals surface area (Å²) in [5.41, 5.74) is 0. The summed E-state index contributed by atoms with van der Waals surface area (Å²) in [7, 11) is 1.76. The van der Waals surface area contributed by atoms with Gasteiger partial charge in [-0.1, -0.05) is 0 Å². The van der Waals surface area contributed by atoms with E-state index in [4.69, 9.17) is 9.47 Å². The van der Waals surface area contributed by atoms with Crippen molar-refractivity contribution in [1.29, 1.82) is 0 Å². The fourth-order valence-electron chi connectivity index (χ4n) is 2.59. The van der Waals surface area contributed by atoms with E-state index in [0.717, 1.165) is 38.8 Å². The van der Waals surface area contributed by atoms with Crippen LogP contribution in [-0.4, -0.2) is 50.3 Å². The summed E-state index contributed by atoms with van der Waals surface area (Å²) in [4.78, 5) is 14.1. The fourth-order valence-corrected chi connectivity index (χ4v) is 2.59. The highest BCUT2D eigenvalue weighted by Crippen LogP contribution is 2.27. The molecule has 1 aliphatic heterocycles. The molecule has 16 heavy (non-hydrogen) atoms. The van der Waals surface area contributed by atoms with Crippen molar-refractivity contribution in [2.24, 2.45) is 5.92 Å². The Morgan fingerprint density at radius 1 is 1.19 bits per heavy atom. The quantitative estimate of drug-likeness (QED) is 0.708. The lowest BCUT2D eigenvalue weighted by atomic mass is 9.86. The molecule has 0 aromatic rings. The molecule has 2 fully saturated rings. The highest BCUT2D eigenvalue weighted by Gasteiger charge is 2.29. The highest BCUT2D eigenvalue weighted by molar-refractivity contribution is 5.79. The minimum atomic E-state index is 0.226. The van der Waals surface area contributed by atoms with Gasteiger partial charge in [0.25, 0.3) is 0 Å². The van der Waals surface area contributed by atoms with E-state index in [1.165, 1.54) is 0 Å². The number of hydrogen-bond acceptors (Lipinski definition) is 3. The zero-order valence-electron chi connectivity index (χ0n) is 9.98. The molecule has 4 nitrogen and oxygen atoms in total. The Labute approximate surface area is 96.9 Å². The second kappa shape index (κ2) is 5.64. The van der Waals surface area contributed by atoms with Crippen molar-refractivity contribution in [3.8, 4) is 0 Å². The molecule has 2 aliphatic rings. The normalized spacial score (nSPS) is 31.4. The van der Waals surface area contributed by atoms with Gasteiger partial charge in [-0.25, -0.2) is 0 Å². The molecule has 1 heterocycles. The van der Waals surface area contributed by atoms with E-state index in [1.807, 2.05) is 4.90 Å². The summed E-state index contributed by atoms with van der Waals surface area (Å²) in [5, 5.41) is 0. The van der Waals surface area contributed by atoms with E-state index in [0.29, 0.717) is 25.2 Å². The van der Waals surface area contributed by atoms with Crippen LogP contribution in [0.3, 0.4) is 0 Å². The lowest BCUT2D eigenvalue weighted by Crippen LogP contribution is -2.44. The Morgan fingerprint density at radius 2 is 1.81 bits per heavy atom. The van der Waals surface area contributed by atoms with Crippen molar-refractivity contribution < 1.29 is 14.3 Å². The average Bonchev–Trinajstić information content (AvgIpc) is 2.39. The number of amides is 1. The van der Waals surface area contributed by atoms with E-state index < -0.39 is 0 Å². The Balaban J connectivity index is 1.81. The molecule has 1 amide bonds. The van der Waals surface area contributed by atoms with E-state index in [1.54, 1.807) is 7.11 Å². The van der Waals surface area contributed by atoms with Crippen molar-refractivity contribution in [3.63, 3.8) is 0 Å². The van der Waals surface area contributed by atoms with Crippen molar-refractivity contribution >= 4 is 5.91 Å². The lowest BCUT2D eigenvalue weighted by Gasteiger charge is -2.33. The fraction of sp³-hybridized carbons (Fsp3) is 0.917. The lowest BCUT2D eigenvalue weighted by molar-refractivity contribution is -0.141. The van der Waals surface area contributed by atoms with Gasteiger partial charge in [0.05, 0.1) is 19.3 Å². The first kappa shape index (κ1) is 11.9. The molecule has 2 rings (SSSR count). The summed E-state index contributed by atoms with van der Waals surface area (Å²) < 4.78 is 10.6. The molecular formula is C12H21NO3. The van der Waals surface area contributed by atoms with Crippen LogP contribution in [0.25, 0.3) is 0 Å². The summed E-state index contributed by atoms with van der Waals surface area (Å²) in [6.07, 6.45) is 4.38. The van der Waals surface area contributed by atoms with E-state index >= 15 is 0 Å². The van der Waals surface area contributed by atoms with Gasteiger partial charge in [0.2, 0.25) is 5.91 Å². The van der Waals surface area contributed by atoms with Gasteiger partial charge < -0.3 is 14.4 Å². The van der Waals surface area contributed by atoms with Gasteiger partial charge in [0.1, 0.15) is 0 Å². The number of hydrogen-bond donors (Lipinski definition) is 0. The molecule has 1 saturated heterocycles. The largest absolute Gasteiger partial charge is 0.381 e. The minimum Gasteiger partial charge on any atom is -0.381 e. The van der Waals surface area contributed by atoms with Crippen molar-refractivity contribution in [2.45, 2.75) is 31.8 Å². The summed E-state index contributed by atoms with van der Waals surface area (Å²) >= 11 is 0. The van der Waals surface area contributed by atoms with Crippen LogP contribution in [0.2, 0.25) is 0 Å². The summed E-state index contributed by atoms with van der Waals surface area (Å²) in [6.45, 7) is 2.92.